The van der Waals surface area contributed by atoms with E-state index in [2.05, 4.69) is 10.6 Å². The molecule has 138 valence electrons. The van der Waals surface area contributed by atoms with Crippen molar-refractivity contribution in [2.75, 3.05) is 10.6 Å². The Morgan fingerprint density at radius 3 is 2.35 bits per heavy atom. The topological polar surface area (TPSA) is 58.2 Å². The highest BCUT2D eigenvalue weighted by Gasteiger charge is 2.31. The van der Waals surface area contributed by atoms with E-state index in [1.165, 1.54) is 12.1 Å². The summed E-state index contributed by atoms with van der Waals surface area (Å²) in [6, 6.07) is 8.73. The molecule has 0 fully saturated rings. The molecule has 0 bridgehead atoms. The molecule has 4 nitrogen and oxygen atoms in total. The number of nitrogens with one attached hydrogen (secondary N) is 2. The number of benzene rings is 2. The van der Waals surface area contributed by atoms with Gasteiger partial charge in [-0.25, -0.2) is 0 Å². The summed E-state index contributed by atoms with van der Waals surface area (Å²) >= 11 is 5.87. The Morgan fingerprint density at radius 1 is 1.04 bits per heavy atom. The van der Waals surface area contributed by atoms with E-state index in [1.807, 2.05) is 0 Å². The van der Waals surface area contributed by atoms with Gasteiger partial charge in [0.25, 0.3) is 5.91 Å². The van der Waals surface area contributed by atoms with Gasteiger partial charge < -0.3 is 10.6 Å². The van der Waals surface area contributed by atoms with Crippen LogP contribution in [-0.4, -0.2) is 11.8 Å². The number of halogens is 4. The number of carbonyl (C=O) groups is 2. The maximum Gasteiger partial charge on any atom is 0.416 e. The van der Waals surface area contributed by atoms with Gasteiger partial charge in [-0.2, -0.15) is 13.2 Å². The molecule has 2 rings (SSSR count). The van der Waals surface area contributed by atoms with Crippen LogP contribution >= 0.6 is 11.6 Å². The molecule has 0 atom stereocenters. The van der Waals surface area contributed by atoms with Crippen molar-refractivity contribution in [2.45, 2.75) is 20.0 Å². The molecule has 0 aromatic heterocycles. The van der Waals surface area contributed by atoms with Gasteiger partial charge in [-0.1, -0.05) is 31.5 Å². The number of amides is 2. The second-order valence-electron chi connectivity index (χ2n) is 5.87. The number of alkyl halides is 3. The fraction of sp³-hybridized carbons (Fsp3) is 0.222. The van der Waals surface area contributed by atoms with Gasteiger partial charge >= 0.3 is 6.18 Å². The van der Waals surface area contributed by atoms with Gasteiger partial charge in [0.05, 0.1) is 16.3 Å². The monoisotopic (exact) mass is 384 g/mol. The van der Waals surface area contributed by atoms with E-state index in [4.69, 9.17) is 11.6 Å². The second-order valence-corrected chi connectivity index (χ2v) is 6.28. The van der Waals surface area contributed by atoms with Gasteiger partial charge in [-0.3, -0.25) is 9.59 Å². The highest BCUT2D eigenvalue weighted by molar-refractivity contribution is 6.34. The Hall–Kier alpha value is -2.54. The maximum atomic E-state index is 12.8. The summed E-state index contributed by atoms with van der Waals surface area (Å²) in [5.74, 6) is -1.10. The zero-order valence-electron chi connectivity index (χ0n) is 13.9. The minimum atomic E-state index is -4.55. The van der Waals surface area contributed by atoms with Crippen LogP contribution in [0.5, 0.6) is 0 Å². The third kappa shape index (κ3) is 4.98. The molecular formula is C18H16ClF3N2O2. The first-order valence-electron chi connectivity index (χ1n) is 7.67. The lowest BCUT2D eigenvalue weighted by atomic mass is 10.1. The van der Waals surface area contributed by atoms with Crippen LogP contribution in [0.1, 0.15) is 29.8 Å². The van der Waals surface area contributed by atoms with Crippen molar-refractivity contribution >= 4 is 34.8 Å². The molecule has 2 aromatic carbocycles. The molecule has 0 spiro atoms. The number of rotatable bonds is 4. The highest BCUT2D eigenvalue weighted by Crippen LogP contribution is 2.34. The molecule has 0 aliphatic rings. The molecular weight excluding hydrogens is 369 g/mol. The first kappa shape index (κ1) is 19.8. The molecule has 8 heteroatoms. The molecule has 0 saturated carbocycles. The molecule has 0 saturated heterocycles. The predicted molar refractivity (Wildman–Crippen MR) is 94.3 cm³/mol. The lowest BCUT2D eigenvalue weighted by Gasteiger charge is -2.12. The van der Waals surface area contributed by atoms with E-state index in [0.717, 1.165) is 18.2 Å². The molecule has 0 unspecified atom stereocenters. The minimum Gasteiger partial charge on any atom is -0.326 e. The summed E-state index contributed by atoms with van der Waals surface area (Å²) in [5.41, 5.74) is -0.496. The summed E-state index contributed by atoms with van der Waals surface area (Å²) < 4.78 is 38.4. The van der Waals surface area contributed by atoms with Crippen molar-refractivity contribution in [3.63, 3.8) is 0 Å². The molecule has 0 aliphatic carbocycles. The Labute approximate surface area is 153 Å². The zero-order chi connectivity index (χ0) is 19.5. The average Bonchev–Trinajstić information content (AvgIpc) is 2.55. The van der Waals surface area contributed by atoms with Gasteiger partial charge in [-0.05, 0) is 36.4 Å². The van der Waals surface area contributed by atoms with Gasteiger partial charge in [0.1, 0.15) is 0 Å². The molecule has 26 heavy (non-hydrogen) atoms. The van der Waals surface area contributed by atoms with Gasteiger partial charge in [0.2, 0.25) is 5.91 Å². The van der Waals surface area contributed by atoms with E-state index < -0.39 is 17.6 Å². The summed E-state index contributed by atoms with van der Waals surface area (Å²) in [7, 11) is 0. The van der Waals surface area contributed by atoms with Crippen LogP contribution in [-0.2, 0) is 11.0 Å². The van der Waals surface area contributed by atoms with Crippen molar-refractivity contribution in [3.8, 4) is 0 Å². The predicted octanol–water partition coefficient (Wildman–Crippen LogP) is 5.21. The van der Waals surface area contributed by atoms with Crippen LogP contribution in [0.15, 0.2) is 42.5 Å². The third-order valence-corrected chi connectivity index (χ3v) is 3.79. The van der Waals surface area contributed by atoms with Crippen LogP contribution in [0.25, 0.3) is 0 Å². The van der Waals surface area contributed by atoms with E-state index in [0.29, 0.717) is 5.69 Å². The Balaban J connectivity index is 2.22. The Morgan fingerprint density at radius 2 is 1.73 bits per heavy atom. The number of hydrogen-bond acceptors (Lipinski definition) is 2. The molecule has 0 aliphatic heterocycles. The summed E-state index contributed by atoms with van der Waals surface area (Å²) in [6.07, 6.45) is -4.55. The average molecular weight is 385 g/mol. The Bertz CT molecular complexity index is 835. The molecule has 2 aromatic rings. The summed E-state index contributed by atoms with van der Waals surface area (Å²) in [6.45, 7) is 3.45. The first-order valence-corrected chi connectivity index (χ1v) is 8.04. The van der Waals surface area contributed by atoms with Crippen molar-refractivity contribution in [3.05, 3.63) is 58.6 Å². The van der Waals surface area contributed by atoms with Crippen molar-refractivity contribution in [1.29, 1.82) is 0 Å². The van der Waals surface area contributed by atoms with Crippen molar-refractivity contribution < 1.29 is 22.8 Å². The largest absolute Gasteiger partial charge is 0.416 e. The first-order chi connectivity index (χ1) is 12.1. The van der Waals surface area contributed by atoms with Crippen LogP contribution in [0.2, 0.25) is 5.02 Å². The van der Waals surface area contributed by atoms with E-state index in [1.54, 1.807) is 26.0 Å². The van der Waals surface area contributed by atoms with E-state index in [9.17, 15) is 22.8 Å². The zero-order valence-corrected chi connectivity index (χ0v) is 14.7. The SMILES string of the molecule is CC(C)C(=O)Nc1cccc(C(=O)Nc2cc(C(F)(F)F)ccc2Cl)c1. The quantitative estimate of drug-likeness (QED) is 0.760. The summed E-state index contributed by atoms with van der Waals surface area (Å²) in [4.78, 5) is 24.1. The summed E-state index contributed by atoms with van der Waals surface area (Å²) in [5, 5.41) is 4.99. The fourth-order valence-corrected chi connectivity index (χ4v) is 2.18. The number of anilines is 2. The lowest BCUT2D eigenvalue weighted by molar-refractivity contribution is -0.137. The van der Waals surface area contributed by atoms with Gasteiger partial charge in [0, 0.05) is 17.2 Å². The molecule has 2 N–H and O–H groups in total. The smallest absolute Gasteiger partial charge is 0.326 e. The maximum absolute atomic E-state index is 12.8. The molecule has 0 radical (unpaired) electrons. The van der Waals surface area contributed by atoms with Gasteiger partial charge in [0.15, 0.2) is 0 Å². The van der Waals surface area contributed by atoms with E-state index >= 15 is 0 Å². The van der Waals surface area contributed by atoms with Gasteiger partial charge in [-0.15, -0.1) is 0 Å². The minimum absolute atomic E-state index is 0.0179. The highest BCUT2D eigenvalue weighted by atomic mass is 35.5. The van der Waals surface area contributed by atoms with Crippen LogP contribution in [0.3, 0.4) is 0 Å². The lowest BCUT2D eigenvalue weighted by Crippen LogP contribution is -2.18. The second kappa shape index (κ2) is 7.78. The third-order valence-electron chi connectivity index (χ3n) is 3.46. The van der Waals surface area contributed by atoms with Crippen LogP contribution < -0.4 is 10.6 Å². The molecule has 2 amide bonds. The van der Waals surface area contributed by atoms with Crippen molar-refractivity contribution in [2.24, 2.45) is 5.92 Å². The molecule has 0 heterocycles. The van der Waals surface area contributed by atoms with Crippen LogP contribution in [0.4, 0.5) is 24.5 Å². The Kier molecular flexibility index (Phi) is 5.92. The fourth-order valence-electron chi connectivity index (χ4n) is 2.02. The van der Waals surface area contributed by atoms with Crippen LogP contribution in [0, 0.1) is 5.92 Å². The standard InChI is InChI=1S/C18H16ClF3N2O2/c1-10(2)16(25)23-13-5-3-4-11(8-13)17(26)24-15-9-12(18(20,21)22)6-7-14(15)19/h3-10H,1-2H3,(H,23,25)(H,24,26). The van der Waals surface area contributed by atoms with E-state index in [-0.39, 0.29) is 28.1 Å². The number of carbonyl (C=O) groups excluding carboxylic acids is 2. The van der Waals surface area contributed by atoms with Crippen molar-refractivity contribution in [1.82, 2.24) is 0 Å². The normalized spacial score (nSPS) is 11.3. The number of hydrogen-bond donors (Lipinski definition) is 2.